The van der Waals surface area contributed by atoms with E-state index < -0.39 is 15.9 Å². The first-order chi connectivity index (χ1) is 7.95. The van der Waals surface area contributed by atoms with Gasteiger partial charge in [0.1, 0.15) is 0 Å². The second kappa shape index (κ2) is 6.49. The monoisotopic (exact) mass is 321 g/mol. The minimum Gasteiger partial charge on any atom is -0.391 e. The van der Waals surface area contributed by atoms with E-state index in [9.17, 15) is 13.5 Å². The Morgan fingerprint density at radius 1 is 1.47 bits per heavy atom. The molecule has 4 nitrogen and oxygen atoms in total. The Balaban J connectivity index is 2.75. The van der Waals surface area contributed by atoms with Gasteiger partial charge in [0.25, 0.3) is 0 Å². The summed E-state index contributed by atoms with van der Waals surface area (Å²) in [5.74, 6) is -0.267. The van der Waals surface area contributed by atoms with Crippen molar-refractivity contribution in [2.75, 3.05) is 18.8 Å². The van der Waals surface area contributed by atoms with Crippen molar-refractivity contribution in [2.45, 2.75) is 17.9 Å². The Morgan fingerprint density at radius 2 is 2.18 bits per heavy atom. The third kappa shape index (κ3) is 4.75. The highest BCUT2D eigenvalue weighted by Crippen LogP contribution is 2.17. The molecule has 0 aliphatic rings. The zero-order chi connectivity index (χ0) is 12.9. The van der Waals surface area contributed by atoms with E-state index in [4.69, 9.17) is 0 Å². The highest BCUT2D eigenvalue weighted by atomic mass is 79.9. The maximum Gasteiger partial charge on any atom is 0.180 e. The van der Waals surface area contributed by atoms with Gasteiger partial charge in [0.05, 0.1) is 16.8 Å². The lowest BCUT2D eigenvalue weighted by Crippen LogP contribution is -2.32. The lowest BCUT2D eigenvalue weighted by Gasteiger charge is -2.11. The molecular formula is C11H16BrNO3S. The van der Waals surface area contributed by atoms with Gasteiger partial charge in [-0.05, 0) is 24.7 Å². The average molecular weight is 322 g/mol. The van der Waals surface area contributed by atoms with Crippen molar-refractivity contribution in [3.8, 4) is 0 Å². The summed E-state index contributed by atoms with van der Waals surface area (Å²) in [6.45, 7) is 2.88. The Morgan fingerprint density at radius 3 is 2.76 bits per heavy atom. The number of halogens is 1. The second-order valence-electron chi connectivity index (χ2n) is 3.70. The fourth-order valence-electron chi connectivity index (χ4n) is 1.38. The fourth-order valence-corrected chi connectivity index (χ4v) is 3.34. The molecule has 0 radical (unpaired) electrons. The molecule has 6 heteroatoms. The summed E-state index contributed by atoms with van der Waals surface area (Å²) in [7, 11) is -3.43. The van der Waals surface area contributed by atoms with Gasteiger partial charge < -0.3 is 10.4 Å². The molecule has 0 aromatic heterocycles. The smallest absolute Gasteiger partial charge is 0.180 e. The van der Waals surface area contributed by atoms with Gasteiger partial charge in [-0.15, -0.1) is 0 Å². The molecule has 0 aliphatic carbocycles. The third-order valence-electron chi connectivity index (χ3n) is 2.20. The number of hydrogen-bond donors (Lipinski definition) is 2. The van der Waals surface area contributed by atoms with E-state index in [1.807, 2.05) is 6.92 Å². The largest absolute Gasteiger partial charge is 0.391 e. The van der Waals surface area contributed by atoms with Gasteiger partial charge >= 0.3 is 0 Å². The van der Waals surface area contributed by atoms with Crippen LogP contribution in [0.25, 0.3) is 0 Å². The van der Waals surface area contributed by atoms with Crippen molar-refractivity contribution in [1.82, 2.24) is 5.32 Å². The van der Waals surface area contributed by atoms with Crippen LogP contribution in [0.5, 0.6) is 0 Å². The Bertz CT molecular complexity index is 462. The zero-order valence-corrected chi connectivity index (χ0v) is 12.0. The van der Waals surface area contributed by atoms with Crippen LogP contribution in [-0.2, 0) is 9.84 Å². The van der Waals surface area contributed by atoms with E-state index in [-0.39, 0.29) is 17.2 Å². The summed E-state index contributed by atoms with van der Waals surface area (Å²) in [6, 6.07) is 6.48. The lowest BCUT2D eigenvalue weighted by molar-refractivity contribution is 0.194. The van der Waals surface area contributed by atoms with Crippen molar-refractivity contribution in [3.63, 3.8) is 0 Å². The van der Waals surface area contributed by atoms with Crippen LogP contribution in [0.15, 0.2) is 33.6 Å². The number of aliphatic hydroxyl groups excluding tert-OH is 1. The first-order valence-electron chi connectivity index (χ1n) is 5.33. The molecule has 1 unspecified atom stereocenters. The molecule has 0 bridgehead atoms. The molecule has 0 aliphatic heterocycles. The van der Waals surface area contributed by atoms with E-state index in [1.54, 1.807) is 12.1 Å². The molecule has 96 valence electrons. The highest BCUT2D eigenvalue weighted by Gasteiger charge is 2.19. The van der Waals surface area contributed by atoms with E-state index in [0.717, 1.165) is 0 Å². The van der Waals surface area contributed by atoms with Crippen molar-refractivity contribution >= 4 is 25.8 Å². The number of sulfone groups is 1. The molecule has 0 heterocycles. The molecule has 0 spiro atoms. The summed E-state index contributed by atoms with van der Waals surface area (Å²) < 4.78 is 24.6. The van der Waals surface area contributed by atoms with Crippen LogP contribution in [0.3, 0.4) is 0 Å². The molecule has 0 fully saturated rings. The molecule has 1 aromatic carbocycles. The number of likely N-dealkylation sites (N-methyl/N-ethyl adjacent to an activating group) is 1. The van der Waals surface area contributed by atoms with Crippen molar-refractivity contribution in [2.24, 2.45) is 0 Å². The van der Waals surface area contributed by atoms with Crippen LogP contribution < -0.4 is 5.32 Å². The van der Waals surface area contributed by atoms with E-state index in [2.05, 4.69) is 21.2 Å². The van der Waals surface area contributed by atoms with Crippen LogP contribution in [0.2, 0.25) is 0 Å². The predicted molar refractivity (Wildman–Crippen MR) is 70.7 cm³/mol. The molecule has 0 saturated carbocycles. The van der Waals surface area contributed by atoms with Crippen LogP contribution in [0.4, 0.5) is 0 Å². The summed E-state index contributed by atoms with van der Waals surface area (Å²) >= 11 is 3.22. The normalized spacial score (nSPS) is 13.6. The second-order valence-corrected chi connectivity index (χ2v) is 6.65. The van der Waals surface area contributed by atoms with Gasteiger partial charge in [0.2, 0.25) is 0 Å². The zero-order valence-electron chi connectivity index (χ0n) is 9.56. The van der Waals surface area contributed by atoms with Gasteiger partial charge in [-0.3, -0.25) is 0 Å². The lowest BCUT2D eigenvalue weighted by atomic mass is 10.4. The quantitative estimate of drug-likeness (QED) is 0.826. The number of nitrogens with one attached hydrogen (secondary N) is 1. The van der Waals surface area contributed by atoms with Gasteiger partial charge in [0.15, 0.2) is 9.84 Å². The van der Waals surface area contributed by atoms with Crippen molar-refractivity contribution in [1.29, 1.82) is 0 Å². The number of rotatable bonds is 6. The minimum absolute atomic E-state index is 0.224. The standard InChI is InChI=1S/C11H16BrNO3S/c1-2-13-7-10(14)8-17(15,16)11-5-3-4-9(12)6-11/h3-6,10,13-14H,2,7-8H2,1H3. The summed E-state index contributed by atoms with van der Waals surface area (Å²) in [5.41, 5.74) is 0. The summed E-state index contributed by atoms with van der Waals surface area (Å²) in [4.78, 5) is 0.224. The van der Waals surface area contributed by atoms with Crippen molar-refractivity contribution in [3.05, 3.63) is 28.7 Å². The Hall–Kier alpha value is -0.430. The van der Waals surface area contributed by atoms with Gasteiger partial charge in [-0.1, -0.05) is 28.9 Å². The van der Waals surface area contributed by atoms with Crippen molar-refractivity contribution < 1.29 is 13.5 Å². The topological polar surface area (TPSA) is 66.4 Å². The molecule has 1 atom stereocenters. The van der Waals surface area contributed by atoms with Crippen LogP contribution >= 0.6 is 15.9 Å². The van der Waals surface area contributed by atoms with Gasteiger partial charge in [0, 0.05) is 11.0 Å². The minimum atomic E-state index is -3.43. The molecule has 2 N–H and O–H groups in total. The van der Waals surface area contributed by atoms with E-state index in [1.165, 1.54) is 12.1 Å². The summed E-state index contributed by atoms with van der Waals surface area (Å²) in [5, 5.41) is 12.5. The molecular weight excluding hydrogens is 306 g/mol. The molecule has 17 heavy (non-hydrogen) atoms. The van der Waals surface area contributed by atoms with Gasteiger partial charge in [-0.25, -0.2) is 8.42 Å². The van der Waals surface area contributed by atoms with Crippen LogP contribution in [0, 0.1) is 0 Å². The molecule has 1 aromatic rings. The Kier molecular flexibility index (Phi) is 5.58. The Labute approximate surface area is 110 Å². The van der Waals surface area contributed by atoms with Crippen LogP contribution in [-0.4, -0.2) is 38.5 Å². The fraction of sp³-hybridized carbons (Fsp3) is 0.455. The third-order valence-corrected chi connectivity index (χ3v) is 4.49. The van der Waals surface area contributed by atoms with Gasteiger partial charge in [-0.2, -0.15) is 0 Å². The molecule has 0 saturated heterocycles. The highest BCUT2D eigenvalue weighted by molar-refractivity contribution is 9.10. The first-order valence-corrected chi connectivity index (χ1v) is 7.77. The molecule has 0 amide bonds. The maximum atomic E-state index is 11.9. The van der Waals surface area contributed by atoms with E-state index >= 15 is 0 Å². The average Bonchev–Trinajstić information content (AvgIpc) is 2.26. The van der Waals surface area contributed by atoms with E-state index in [0.29, 0.717) is 11.0 Å². The number of hydrogen-bond acceptors (Lipinski definition) is 4. The maximum absolute atomic E-state index is 11.9. The SMILES string of the molecule is CCNCC(O)CS(=O)(=O)c1cccc(Br)c1. The number of aliphatic hydroxyl groups is 1. The predicted octanol–water partition coefficient (Wildman–Crippen LogP) is 1.19. The summed E-state index contributed by atoms with van der Waals surface area (Å²) in [6.07, 6.45) is -0.890. The first kappa shape index (κ1) is 14.6. The molecule has 1 rings (SSSR count). The van der Waals surface area contributed by atoms with Crippen LogP contribution in [0.1, 0.15) is 6.92 Å². The number of benzene rings is 1.